The summed E-state index contributed by atoms with van der Waals surface area (Å²) in [5.41, 5.74) is 3.63. The number of hydrogen-bond donors (Lipinski definition) is 1. The molecule has 5 nitrogen and oxygen atoms in total. The zero-order valence-corrected chi connectivity index (χ0v) is 15.3. The van der Waals surface area contributed by atoms with Crippen molar-refractivity contribution in [3.63, 3.8) is 0 Å². The largest absolute Gasteiger partial charge is 0.333 e. The number of aromatic nitrogens is 1. The van der Waals surface area contributed by atoms with Crippen LogP contribution >= 0.6 is 11.6 Å². The second-order valence-corrected chi connectivity index (χ2v) is 6.68. The first kappa shape index (κ1) is 17.1. The van der Waals surface area contributed by atoms with Gasteiger partial charge in [0.25, 0.3) is 5.91 Å². The Bertz CT molecular complexity index is 1050. The molecule has 0 aliphatic carbocycles. The third-order valence-corrected chi connectivity index (χ3v) is 4.60. The van der Waals surface area contributed by atoms with Gasteiger partial charge in [-0.1, -0.05) is 29.3 Å². The summed E-state index contributed by atoms with van der Waals surface area (Å²) in [5, 5.41) is 3.18. The fraction of sp³-hybridized carbons (Fsp3) is 0.0476. The molecule has 0 spiro atoms. The molecular formula is C21H16ClN3O2. The van der Waals surface area contributed by atoms with E-state index in [1.54, 1.807) is 30.3 Å². The van der Waals surface area contributed by atoms with Gasteiger partial charge in [0.15, 0.2) is 0 Å². The predicted molar refractivity (Wildman–Crippen MR) is 106 cm³/mol. The number of aryl methyl sites for hydroxylation is 1. The highest BCUT2D eigenvalue weighted by Crippen LogP contribution is 2.24. The number of rotatable bonds is 3. The van der Waals surface area contributed by atoms with E-state index in [-0.39, 0.29) is 5.70 Å². The number of amides is 3. The van der Waals surface area contributed by atoms with E-state index in [4.69, 9.17) is 11.6 Å². The molecule has 0 bridgehead atoms. The van der Waals surface area contributed by atoms with Gasteiger partial charge < -0.3 is 9.88 Å². The number of nitrogens with one attached hydrogen (secondary N) is 1. The standard InChI is InChI=1S/C21H16ClN3O2/c1-14-4-8-16(9-5-14)24-12-2-3-18(24)13-19-20(26)25(21(27)23-19)17-10-6-15(22)7-11-17/h2-13H,1H3,(H,23,27). The Labute approximate surface area is 161 Å². The number of carbonyl (C=O) groups excluding carboxylic acids is 2. The van der Waals surface area contributed by atoms with Crippen LogP contribution in [-0.4, -0.2) is 16.5 Å². The third-order valence-electron chi connectivity index (χ3n) is 4.35. The van der Waals surface area contributed by atoms with Crippen LogP contribution in [0.25, 0.3) is 11.8 Å². The summed E-state index contributed by atoms with van der Waals surface area (Å²) < 4.78 is 1.96. The molecule has 1 N–H and O–H groups in total. The molecular weight excluding hydrogens is 362 g/mol. The van der Waals surface area contributed by atoms with Crippen LogP contribution in [0.5, 0.6) is 0 Å². The van der Waals surface area contributed by atoms with Gasteiger partial charge in [-0.3, -0.25) is 4.79 Å². The summed E-state index contributed by atoms with van der Waals surface area (Å²) in [6, 6.07) is 17.9. The van der Waals surface area contributed by atoms with Crippen molar-refractivity contribution in [2.75, 3.05) is 4.90 Å². The molecule has 2 aromatic carbocycles. The van der Waals surface area contributed by atoms with Gasteiger partial charge in [0, 0.05) is 22.6 Å². The van der Waals surface area contributed by atoms with Gasteiger partial charge in [-0.25, -0.2) is 9.69 Å². The molecule has 0 unspecified atom stereocenters. The van der Waals surface area contributed by atoms with Crippen LogP contribution in [0.4, 0.5) is 10.5 Å². The predicted octanol–water partition coefficient (Wildman–Crippen LogP) is 4.54. The first-order chi connectivity index (χ1) is 13.0. The molecule has 1 aliphatic heterocycles. The summed E-state index contributed by atoms with van der Waals surface area (Å²) in [7, 11) is 0. The summed E-state index contributed by atoms with van der Waals surface area (Å²) in [4.78, 5) is 26.2. The van der Waals surface area contributed by atoms with Crippen LogP contribution in [-0.2, 0) is 4.79 Å². The van der Waals surface area contributed by atoms with E-state index in [1.165, 1.54) is 5.56 Å². The Balaban J connectivity index is 1.67. The molecule has 0 radical (unpaired) electrons. The Kier molecular flexibility index (Phi) is 4.30. The van der Waals surface area contributed by atoms with Crippen molar-refractivity contribution in [3.05, 3.63) is 88.8 Å². The number of halogens is 1. The normalized spacial score (nSPS) is 15.5. The smallest absolute Gasteiger partial charge is 0.317 e. The van der Waals surface area contributed by atoms with Crippen molar-refractivity contribution in [1.29, 1.82) is 0 Å². The summed E-state index contributed by atoms with van der Waals surface area (Å²) in [6.07, 6.45) is 3.59. The fourth-order valence-corrected chi connectivity index (χ4v) is 3.09. The second-order valence-electron chi connectivity index (χ2n) is 6.24. The van der Waals surface area contributed by atoms with E-state index < -0.39 is 11.9 Å². The first-order valence-corrected chi connectivity index (χ1v) is 8.78. The number of benzene rings is 2. The molecule has 3 amide bonds. The van der Waals surface area contributed by atoms with Crippen LogP contribution in [0.2, 0.25) is 5.02 Å². The van der Waals surface area contributed by atoms with Crippen LogP contribution < -0.4 is 10.2 Å². The molecule has 1 aromatic heterocycles. The molecule has 1 aliphatic rings. The van der Waals surface area contributed by atoms with E-state index in [9.17, 15) is 9.59 Å². The molecule has 134 valence electrons. The SMILES string of the molecule is Cc1ccc(-n2cccc2C=C2NC(=O)N(c3ccc(Cl)cc3)C2=O)cc1. The first-order valence-electron chi connectivity index (χ1n) is 8.40. The molecule has 6 heteroatoms. The van der Waals surface area contributed by atoms with Crippen LogP contribution in [0.3, 0.4) is 0 Å². The number of carbonyl (C=O) groups is 2. The Morgan fingerprint density at radius 1 is 0.926 bits per heavy atom. The highest BCUT2D eigenvalue weighted by atomic mass is 35.5. The molecule has 4 rings (SSSR count). The maximum Gasteiger partial charge on any atom is 0.333 e. The maximum absolute atomic E-state index is 12.8. The highest BCUT2D eigenvalue weighted by Gasteiger charge is 2.35. The number of imide groups is 1. The Hall–Kier alpha value is -3.31. The Morgan fingerprint density at radius 3 is 2.30 bits per heavy atom. The van der Waals surface area contributed by atoms with Gasteiger partial charge in [0.05, 0.1) is 5.69 Å². The fourth-order valence-electron chi connectivity index (χ4n) is 2.96. The van der Waals surface area contributed by atoms with Crippen LogP contribution in [0, 0.1) is 6.92 Å². The van der Waals surface area contributed by atoms with Crippen LogP contribution in [0.1, 0.15) is 11.3 Å². The maximum atomic E-state index is 12.8. The minimum absolute atomic E-state index is 0.224. The molecule has 1 fully saturated rings. The minimum atomic E-state index is -0.484. The average Bonchev–Trinajstić information content (AvgIpc) is 3.22. The van der Waals surface area contributed by atoms with Gasteiger partial charge in [-0.05, 0) is 61.5 Å². The zero-order valence-electron chi connectivity index (χ0n) is 14.5. The van der Waals surface area contributed by atoms with E-state index in [0.717, 1.165) is 16.3 Å². The van der Waals surface area contributed by atoms with Crippen LogP contribution in [0.15, 0.2) is 72.6 Å². The topological polar surface area (TPSA) is 54.3 Å². The summed E-state index contributed by atoms with van der Waals surface area (Å²) >= 11 is 5.88. The van der Waals surface area contributed by atoms with Crippen molar-refractivity contribution in [1.82, 2.24) is 9.88 Å². The highest BCUT2D eigenvalue weighted by molar-refractivity contribution is 6.31. The second kappa shape index (κ2) is 6.78. The lowest BCUT2D eigenvalue weighted by Crippen LogP contribution is -2.30. The lowest BCUT2D eigenvalue weighted by atomic mass is 10.2. The van der Waals surface area contributed by atoms with Crippen molar-refractivity contribution < 1.29 is 9.59 Å². The van der Waals surface area contributed by atoms with Crippen molar-refractivity contribution in [2.24, 2.45) is 0 Å². The van der Waals surface area contributed by atoms with Gasteiger partial charge in [-0.2, -0.15) is 0 Å². The summed E-state index contributed by atoms with van der Waals surface area (Å²) in [5.74, 6) is -0.404. The monoisotopic (exact) mass is 377 g/mol. The molecule has 0 atom stereocenters. The van der Waals surface area contributed by atoms with E-state index in [0.29, 0.717) is 10.7 Å². The molecule has 27 heavy (non-hydrogen) atoms. The van der Waals surface area contributed by atoms with E-state index in [2.05, 4.69) is 5.32 Å². The van der Waals surface area contributed by atoms with Gasteiger partial charge >= 0.3 is 6.03 Å². The number of anilines is 1. The number of urea groups is 1. The van der Waals surface area contributed by atoms with Gasteiger partial charge in [-0.15, -0.1) is 0 Å². The third kappa shape index (κ3) is 3.25. The van der Waals surface area contributed by atoms with E-state index >= 15 is 0 Å². The average molecular weight is 378 g/mol. The molecule has 2 heterocycles. The summed E-state index contributed by atoms with van der Waals surface area (Å²) in [6.45, 7) is 2.03. The van der Waals surface area contributed by atoms with Crippen molar-refractivity contribution in [3.8, 4) is 5.69 Å². The Morgan fingerprint density at radius 2 is 1.59 bits per heavy atom. The lowest BCUT2D eigenvalue weighted by molar-refractivity contribution is -0.113. The van der Waals surface area contributed by atoms with Crippen molar-refractivity contribution in [2.45, 2.75) is 6.92 Å². The van der Waals surface area contributed by atoms with E-state index in [1.807, 2.05) is 54.1 Å². The lowest BCUT2D eigenvalue weighted by Gasteiger charge is -2.11. The minimum Gasteiger partial charge on any atom is -0.317 e. The quantitative estimate of drug-likeness (QED) is 0.538. The zero-order chi connectivity index (χ0) is 19.0. The number of nitrogens with zero attached hydrogens (tertiary/aromatic N) is 2. The number of hydrogen-bond acceptors (Lipinski definition) is 2. The van der Waals surface area contributed by atoms with Crippen molar-refractivity contribution >= 4 is 35.3 Å². The van der Waals surface area contributed by atoms with Gasteiger partial charge in [0.1, 0.15) is 5.70 Å². The molecule has 1 saturated heterocycles. The van der Waals surface area contributed by atoms with Gasteiger partial charge in [0.2, 0.25) is 0 Å². The molecule has 0 saturated carbocycles. The molecule has 3 aromatic rings.